The Kier molecular flexibility index (Phi) is 5.64. The molecule has 0 radical (unpaired) electrons. The number of aryl methyl sites for hydroxylation is 1. The van der Waals surface area contributed by atoms with Crippen molar-refractivity contribution in [2.75, 3.05) is 19.6 Å². The summed E-state index contributed by atoms with van der Waals surface area (Å²) in [6, 6.07) is 8.34. The normalized spacial score (nSPS) is 18.7. The Morgan fingerprint density at radius 2 is 2.14 bits per heavy atom. The van der Waals surface area contributed by atoms with Gasteiger partial charge in [0, 0.05) is 49.7 Å². The number of hydrogen-bond donors (Lipinski definition) is 1. The summed E-state index contributed by atoms with van der Waals surface area (Å²) < 4.78 is 11.1. The molecule has 2 aromatic heterocycles. The van der Waals surface area contributed by atoms with Crippen molar-refractivity contribution >= 4 is 16.8 Å². The van der Waals surface area contributed by atoms with E-state index < -0.39 is 0 Å². The Bertz CT molecular complexity index is 980. The molecule has 29 heavy (non-hydrogen) atoms. The first-order chi connectivity index (χ1) is 14.0. The lowest BCUT2D eigenvalue weighted by Crippen LogP contribution is -2.42. The summed E-state index contributed by atoms with van der Waals surface area (Å²) in [5.74, 6) is 1.17. The van der Waals surface area contributed by atoms with Gasteiger partial charge in [0.15, 0.2) is 5.82 Å². The highest BCUT2D eigenvalue weighted by Crippen LogP contribution is 2.21. The van der Waals surface area contributed by atoms with E-state index in [4.69, 9.17) is 9.26 Å². The largest absolute Gasteiger partial charge is 0.367 e. The van der Waals surface area contributed by atoms with Gasteiger partial charge in [0.1, 0.15) is 6.61 Å². The number of aromatic amines is 1. The minimum Gasteiger partial charge on any atom is -0.367 e. The number of fused-ring (bicyclic) bond motifs is 1. The maximum absolute atomic E-state index is 12.9. The van der Waals surface area contributed by atoms with Crippen LogP contribution < -0.4 is 0 Å². The van der Waals surface area contributed by atoms with Crippen LogP contribution >= 0.6 is 0 Å². The van der Waals surface area contributed by atoms with Crippen molar-refractivity contribution < 1.29 is 14.1 Å². The zero-order valence-corrected chi connectivity index (χ0v) is 17.1. The highest BCUT2D eigenvalue weighted by Gasteiger charge is 2.30. The number of nitrogens with one attached hydrogen (secondary N) is 1. The van der Waals surface area contributed by atoms with Gasteiger partial charge in [-0.15, -0.1) is 0 Å². The van der Waals surface area contributed by atoms with Crippen molar-refractivity contribution in [3.8, 4) is 0 Å². The third kappa shape index (κ3) is 4.49. The lowest BCUT2D eigenvalue weighted by molar-refractivity contribution is -0.133. The lowest BCUT2D eigenvalue weighted by atomic mass is 10.1. The molecule has 1 aliphatic rings. The van der Waals surface area contributed by atoms with Crippen LogP contribution in [0, 0.1) is 6.92 Å². The van der Waals surface area contributed by atoms with Gasteiger partial charge in [-0.05, 0) is 25.5 Å². The SMILES string of the molecule is Cc1nc(COC2CN(Cc3c[nH]c4ccccc34)CC(=O)N(C(C)C)C2)no1. The van der Waals surface area contributed by atoms with Crippen LogP contribution in [-0.4, -0.2) is 62.6 Å². The third-order valence-electron chi connectivity index (χ3n) is 5.25. The summed E-state index contributed by atoms with van der Waals surface area (Å²) in [6.07, 6.45) is 1.89. The molecule has 0 bridgehead atoms. The first-order valence-corrected chi connectivity index (χ1v) is 9.97. The summed E-state index contributed by atoms with van der Waals surface area (Å²) in [5.41, 5.74) is 2.28. The molecule has 0 saturated carbocycles. The zero-order valence-electron chi connectivity index (χ0n) is 17.1. The van der Waals surface area contributed by atoms with Crippen molar-refractivity contribution in [3.63, 3.8) is 0 Å². The molecule has 3 aromatic rings. The predicted molar refractivity (Wildman–Crippen MR) is 108 cm³/mol. The van der Waals surface area contributed by atoms with Crippen LogP contribution in [0.2, 0.25) is 0 Å². The molecule has 1 saturated heterocycles. The standard InChI is InChI=1S/C21H27N5O3/c1-14(2)26-11-17(28-13-20-23-15(3)29-24-20)10-25(12-21(26)27)9-16-8-22-19-7-5-4-6-18(16)19/h4-8,14,17,22H,9-13H2,1-3H3. The van der Waals surface area contributed by atoms with E-state index in [1.807, 2.05) is 37.1 Å². The van der Waals surface area contributed by atoms with E-state index in [0.717, 1.165) is 5.52 Å². The number of rotatable bonds is 6. The summed E-state index contributed by atoms with van der Waals surface area (Å²) in [4.78, 5) is 24.4. The van der Waals surface area contributed by atoms with Crippen LogP contribution in [0.4, 0.5) is 0 Å². The summed E-state index contributed by atoms with van der Waals surface area (Å²) in [5, 5.41) is 5.08. The molecule has 1 unspecified atom stereocenters. The van der Waals surface area contributed by atoms with Gasteiger partial charge in [0.05, 0.1) is 12.6 Å². The fraction of sp³-hybridized carbons (Fsp3) is 0.476. The topological polar surface area (TPSA) is 87.5 Å². The Morgan fingerprint density at radius 1 is 1.31 bits per heavy atom. The molecule has 154 valence electrons. The van der Waals surface area contributed by atoms with E-state index in [2.05, 4.69) is 32.2 Å². The molecule has 1 amide bonds. The molecular weight excluding hydrogens is 370 g/mol. The molecule has 4 rings (SSSR count). The molecule has 8 nitrogen and oxygen atoms in total. The summed E-state index contributed by atoms with van der Waals surface area (Å²) >= 11 is 0. The average Bonchev–Trinajstić information content (AvgIpc) is 3.25. The van der Waals surface area contributed by atoms with Gasteiger partial charge < -0.3 is 19.1 Å². The number of carbonyl (C=O) groups is 1. The number of H-pyrrole nitrogens is 1. The maximum atomic E-state index is 12.9. The molecule has 0 aliphatic carbocycles. The monoisotopic (exact) mass is 397 g/mol. The Labute approximate surface area is 169 Å². The molecule has 1 aromatic carbocycles. The fourth-order valence-corrected chi connectivity index (χ4v) is 3.83. The van der Waals surface area contributed by atoms with E-state index in [1.165, 1.54) is 10.9 Å². The van der Waals surface area contributed by atoms with Crippen LogP contribution in [0.5, 0.6) is 0 Å². The van der Waals surface area contributed by atoms with Crippen molar-refractivity contribution in [2.45, 2.75) is 46.1 Å². The van der Waals surface area contributed by atoms with Gasteiger partial charge in [0.25, 0.3) is 0 Å². The van der Waals surface area contributed by atoms with Crippen molar-refractivity contribution in [2.24, 2.45) is 0 Å². The molecule has 1 fully saturated rings. The predicted octanol–water partition coefficient (Wildman–Crippen LogP) is 2.50. The van der Waals surface area contributed by atoms with E-state index in [9.17, 15) is 4.79 Å². The minimum absolute atomic E-state index is 0.119. The number of nitrogens with zero attached hydrogens (tertiary/aromatic N) is 4. The molecular formula is C21H27N5O3. The number of ether oxygens (including phenoxy) is 1. The van der Waals surface area contributed by atoms with Gasteiger partial charge >= 0.3 is 0 Å². The maximum Gasteiger partial charge on any atom is 0.237 e. The second-order valence-electron chi connectivity index (χ2n) is 7.83. The zero-order chi connectivity index (χ0) is 20.4. The van der Waals surface area contributed by atoms with Crippen LogP contribution in [-0.2, 0) is 22.7 Å². The molecule has 1 N–H and O–H groups in total. The molecule has 1 aliphatic heterocycles. The molecule has 0 spiro atoms. The van der Waals surface area contributed by atoms with Gasteiger partial charge in [-0.25, -0.2) is 0 Å². The highest BCUT2D eigenvalue weighted by molar-refractivity contribution is 5.83. The lowest BCUT2D eigenvalue weighted by Gasteiger charge is -2.27. The first kappa shape index (κ1) is 19.6. The van der Waals surface area contributed by atoms with Crippen LogP contribution in [0.25, 0.3) is 10.9 Å². The second-order valence-corrected chi connectivity index (χ2v) is 7.83. The molecule has 3 heterocycles. The third-order valence-corrected chi connectivity index (χ3v) is 5.25. The van der Waals surface area contributed by atoms with E-state index in [1.54, 1.807) is 6.92 Å². The van der Waals surface area contributed by atoms with Gasteiger partial charge in [-0.3, -0.25) is 9.69 Å². The summed E-state index contributed by atoms with van der Waals surface area (Å²) in [7, 11) is 0. The van der Waals surface area contributed by atoms with Gasteiger partial charge in [0.2, 0.25) is 11.8 Å². The Morgan fingerprint density at radius 3 is 2.90 bits per heavy atom. The number of aromatic nitrogens is 3. The van der Waals surface area contributed by atoms with Crippen molar-refractivity contribution in [1.29, 1.82) is 0 Å². The molecule has 8 heteroatoms. The molecule has 1 atom stereocenters. The van der Waals surface area contributed by atoms with Crippen LogP contribution in [0.3, 0.4) is 0 Å². The van der Waals surface area contributed by atoms with Crippen LogP contribution in [0.1, 0.15) is 31.1 Å². The van der Waals surface area contributed by atoms with Gasteiger partial charge in [-0.1, -0.05) is 23.4 Å². The quantitative estimate of drug-likeness (QED) is 0.688. The Balaban J connectivity index is 1.50. The number of amides is 1. The fourth-order valence-electron chi connectivity index (χ4n) is 3.83. The Hall–Kier alpha value is -2.71. The first-order valence-electron chi connectivity index (χ1n) is 9.97. The highest BCUT2D eigenvalue weighted by atomic mass is 16.5. The van der Waals surface area contributed by atoms with E-state index >= 15 is 0 Å². The van der Waals surface area contributed by atoms with Crippen LogP contribution in [0.15, 0.2) is 35.0 Å². The minimum atomic E-state index is -0.132. The van der Waals surface area contributed by atoms with Crippen molar-refractivity contribution in [1.82, 2.24) is 24.9 Å². The van der Waals surface area contributed by atoms with E-state index in [0.29, 0.717) is 37.9 Å². The number of para-hydroxylation sites is 1. The smallest absolute Gasteiger partial charge is 0.237 e. The second kappa shape index (κ2) is 8.34. The van der Waals surface area contributed by atoms with E-state index in [-0.39, 0.29) is 24.7 Å². The van der Waals surface area contributed by atoms with Crippen molar-refractivity contribution in [3.05, 3.63) is 47.7 Å². The number of carbonyl (C=O) groups excluding carboxylic acids is 1. The average molecular weight is 397 g/mol. The number of benzene rings is 1. The summed E-state index contributed by atoms with van der Waals surface area (Å²) in [6.45, 7) is 8.36. The number of hydrogen-bond acceptors (Lipinski definition) is 6. The van der Waals surface area contributed by atoms with Gasteiger partial charge in [-0.2, -0.15) is 4.98 Å².